The Hall–Kier alpha value is -1.66. The van der Waals surface area contributed by atoms with Gasteiger partial charge in [-0.15, -0.1) is 0 Å². The number of carbonyl (C=O) groups is 1. The van der Waals surface area contributed by atoms with Crippen molar-refractivity contribution in [3.05, 3.63) is 23.8 Å². The number of hydrogen-bond donors (Lipinski definition) is 1. The van der Waals surface area contributed by atoms with E-state index in [2.05, 4.69) is 15.1 Å². The summed E-state index contributed by atoms with van der Waals surface area (Å²) in [6.45, 7) is 6.21. The molecule has 0 radical (unpaired) electrons. The highest BCUT2D eigenvalue weighted by Crippen LogP contribution is 2.31. The van der Waals surface area contributed by atoms with Gasteiger partial charge in [-0.3, -0.25) is 4.79 Å². The molecule has 2 aliphatic heterocycles. The fourth-order valence-corrected chi connectivity index (χ4v) is 5.12. The van der Waals surface area contributed by atoms with Crippen molar-refractivity contribution in [1.29, 1.82) is 0 Å². The third kappa shape index (κ3) is 4.79. The number of amides is 1. The first-order valence-electron chi connectivity index (χ1n) is 10.5. The molecule has 2 aliphatic rings. The SMILES string of the molecule is O=C(NCCN1CCCCCC1)c1ccc2nc(N3CCCCC3)sc2c1. The average Bonchev–Trinajstić information content (AvgIpc) is 2.96. The average molecular weight is 387 g/mol. The Morgan fingerprint density at radius 1 is 1.00 bits per heavy atom. The van der Waals surface area contributed by atoms with E-state index in [-0.39, 0.29) is 5.91 Å². The molecule has 0 bridgehead atoms. The molecule has 0 unspecified atom stereocenters. The van der Waals surface area contributed by atoms with Crippen LogP contribution in [0, 0.1) is 0 Å². The number of aromatic nitrogens is 1. The topological polar surface area (TPSA) is 48.5 Å². The minimum absolute atomic E-state index is 0.0274. The number of nitrogens with zero attached hydrogens (tertiary/aromatic N) is 3. The molecule has 0 spiro atoms. The molecule has 1 amide bonds. The summed E-state index contributed by atoms with van der Waals surface area (Å²) < 4.78 is 1.11. The van der Waals surface area contributed by atoms with Crippen LogP contribution in [0.5, 0.6) is 0 Å². The highest BCUT2D eigenvalue weighted by molar-refractivity contribution is 7.22. The summed E-state index contributed by atoms with van der Waals surface area (Å²) >= 11 is 1.71. The molecule has 0 saturated carbocycles. The molecule has 5 nitrogen and oxygen atoms in total. The van der Waals surface area contributed by atoms with Crippen LogP contribution in [0.3, 0.4) is 0 Å². The number of rotatable bonds is 5. The maximum atomic E-state index is 12.6. The fourth-order valence-electron chi connectivity index (χ4n) is 4.06. The van der Waals surface area contributed by atoms with Gasteiger partial charge >= 0.3 is 0 Å². The van der Waals surface area contributed by atoms with Gasteiger partial charge in [-0.1, -0.05) is 24.2 Å². The monoisotopic (exact) mass is 386 g/mol. The first-order valence-corrected chi connectivity index (χ1v) is 11.3. The summed E-state index contributed by atoms with van der Waals surface area (Å²) in [6, 6.07) is 5.90. The zero-order chi connectivity index (χ0) is 18.5. The van der Waals surface area contributed by atoms with Crippen LogP contribution in [-0.4, -0.2) is 55.1 Å². The van der Waals surface area contributed by atoms with E-state index in [0.29, 0.717) is 0 Å². The zero-order valence-corrected chi connectivity index (χ0v) is 16.9. The van der Waals surface area contributed by atoms with Gasteiger partial charge in [-0.25, -0.2) is 4.98 Å². The molecule has 1 aromatic heterocycles. The van der Waals surface area contributed by atoms with Gasteiger partial charge in [0.25, 0.3) is 5.91 Å². The molecule has 1 N–H and O–H groups in total. The molecular formula is C21H30N4OS. The lowest BCUT2D eigenvalue weighted by Gasteiger charge is -2.25. The Labute approximate surface area is 165 Å². The second kappa shape index (κ2) is 9.02. The van der Waals surface area contributed by atoms with Crippen molar-refractivity contribution in [1.82, 2.24) is 15.2 Å². The predicted molar refractivity (Wildman–Crippen MR) is 113 cm³/mol. The van der Waals surface area contributed by atoms with E-state index < -0.39 is 0 Å². The van der Waals surface area contributed by atoms with Crippen LogP contribution in [0.2, 0.25) is 0 Å². The van der Waals surface area contributed by atoms with E-state index in [0.717, 1.165) is 47.1 Å². The summed E-state index contributed by atoms with van der Waals surface area (Å²) in [4.78, 5) is 22.2. The van der Waals surface area contributed by atoms with Crippen LogP contribution in [0.1, 0.15) is 55.3 Å². The van der Waals surface area contributed by atoms with Gasteiger partial charge in [-0.2, -0.15) is 0 Å². The van der Waals surface area contributed by atoms with E-state index in [4.69, 9.17) is 4.98 Å². The molecule has 27 heavy (non-hydrogen) atoms. The van der Waals surface area contributed by atoms with Crippen LogP contribution in [0.25, 0.3) is 10.2 Å². The van der Waals surface area contributed by atoms with E-state index in [1.54, 1.807) is 11.3 Å². The number of likely N-dealkylation sites (tertiary alicyclic amines) is 1. The first-order chi connectivity index (χ1) is 13.3. The molecule has 0 aliphatic carbocycles. The van der Waals surface area contributed by atoms with E-state index >= 15 is 0 Å². The summed E-state index contributed by atoms with van der Waals surface area (Å²) in [5, 5.41) is 4.20. The summed E-state index contributed by atoms with van der Waals surface area (Å²) in [5.41, 5.74) is 1.74. The Kier molecular flexibility index (Phi) is 6.24. The lowest BCUT2D eigenvalue weighted by molar-refractivity contribution is 0.0948. The van der Waals surface area contributed by atoms with Crippen molar-refractivity contribution in [2.75, 3.05) is 44.2 Å². The van der Waals surface area contributed by atoms with Crippen LogP contribution in [0.4, 0.5) is 5.13 Å². The van der Waals surface area contributed by atoms with Gasteiger partial charge in [0.2, 0.25) is 0 Å². The van der Waals surface area contributed by atoms with Crippen molar-refractivity contribution in [2.45, 2.75) is 44.9 Å². The van der Waals surface area contributed by atoms with Gasteiger partial charge in [0.15, 0.2) is 5.13 Å². The van der Waals surface area contributed by atoms with Gasteiger partial charge < -0.3 is 15.1 Å². The van der Waals surface area contributed by atoms with E-state index in [9.17, 15) is 4.79 Å². The number of carbonyl (C=O) groups excluding carboxylic acids is 1. The molecule has 6 heteroatoms. The molecule has 1 aromatic carbocycles. The molecule has 0 atom stereocenters. The first kappa shape index (κ1) is 18.7. The fraction of sp³-hybridized carbons (Fsp3) is 0.619. The standard InChI is InChI=1S/C21H30N4OS/c26-20(22-10-15-24-11-4-1-2-5-12-24)17-8-9-18-19(16-17)27-21(23-18)25-13-6-3-7-14-25/h8-9,16H,1-7,10-15H2,(H,22,26). The second-order valence-corrected chi connectivity index (χ2v) is 8.75. The second-order valence-electron chi connectivity index (χ2n) is 7.74. The highest BCUT2D eigenvalue weighted by Gasteiger charge is 2.16. The van der Waals surface area contributed by atoms with Gasteiger partial charge in [-0.05, 0) is 63.4 Å². The van der Waals surface area contributed by atoms with Gasteiger partial charge in [0.05, 0.1) is 10.2 Å². The molecule has 4 rings (SSSR count). The lowest BCUT2D eigenvalue weighted by Crippen LogP contribution is -2.35. The van der Waals surface area contributed by atoms with Crippen molar-refractivity contribution in [3.63, 3.8) is 0 Å². The minimum atomic E-state index is 0.0274. The summed E-state index contributed by atoms with van der Waals surface area (Å²) in [5.74, 6) is 0.0274. The number of benzene rings is 1. The number of thiazole rings is 1. The van der Waals surface area contributed by atoms with Crippen LogP contribution in [-0.2, 0) is 0 Å². The normalized spacial score (nSPS) is 19.2. The minimum Gasteiger partial charge on any atom is -0.351 e. The predicted octanol–water partition coefficient (Wildman–Crippen LogP) is 3.89. The third-order valence-corrected chi connectivity index (χ3v) is 6.76. The summed E-state index contributed by atoms with van der Waals surface area (Å²) in [6.07, 6.45) is 9.09. The molecule has 3 heterocycles. The Morgan fingerprint density at radius 2 is 1.70 bits per heavy atom. The Morgan fingerprint density at radius 3 is 2.48 bits per heavy atom. The van der Waals surface area contributed by atoms with E-state index in [1.807, 2.05) is 18.2 Å². The highest BCUT2D eigenvalue weighted by atomic mass is 32.1. The number of nitrogens with one attached hydrogen (secondary N) is 1. The Balaban J connectivity index is 1.35. The largest absolute Gasteiger partial charge is 0.351 e. The van der Waals surface area contributed by atoms with Gasteiger partial charge in [0.1, 0.15) is 0 Å². The number of fused-ring (bicyclic) bond motifs is 1. The van der Waals surface area contributed by atoms with Crippen molar-refractivity contribution >= 4 is 32.6 Å². The van der Waals surface area contributed by atoms with Gasteiger partial charge in [0, 0.05) is 31.7 Å². The van der Waals surface area contributed by atoms with Crippen LogP contribution >= 0.6 is 11.3 Å². The zero-order valence-electron chi connectivity index (χ0n) is 16.1. The molecule has 146 valence electrons. The Bertz CT molecular complexity index is 761. The van der Waals surface area contributed by atoms with Crippen molar-refractivity contribution in [2.24, 2.45) is 0 Å². The number of piperidine rings is 1. The van der Waals surface area contributed by atoms with Crippen LogP contribution < -0.4 is 10.2 Å². The molecule has 2 fully saturated rings. The number of hydrogen-bond acceptors (Lipinski definition) is 5. The maximum absolute atomic E-state index is 12.6. The molecular weight excluding hydrogens is 356 g/mol. The molecule has 2 aromatic rings. The van der Waals surface area contributed by atoms with Crippen molar-refractivity contribution < 1.29 is 4.79 Å². The molecule has 2 saturated heterocycles. The summed E-state index contributed by atoms with van der Waals surface area (Å²) in [7, 11) is 0. The van der Waals surface area contributed by atoms with Crippen molar-refractivity contribution in [3.8, 4) is 0 Å². The third-order valence-electron chi connectivity index (χ3n) is 5.68. The smallest absolute Gasteiger partial charge is 0.251 e. The lowest BCUT2D eigenvalue weighted by atomic mass is 10.1. The van der Waals surface area contributed by atoms with E-state index in [1.165, 1.54) is 58.0 Å². The quantitative estimate of drug-likeness (QED) is 0.847. The van der Waals surface area contributed by atoms with Crippen LogP contribution in [0.15, 0.2) is 18.2 Å². The maximum Gasteiger partial charge on any atom is 0.251 e. The number of anilines is 1.